The van der Waals surface area contributed by atoms with Crippen molar-refractivity contribution in [3.63, 3.8) is 0 Å². The van der Waals surface area contributed by atoms with E-state index in [0.717, 1.165) is 29.8 Å². The van der Waals surface area contributed by atoms with Gasteiger partial charge in [-0.3, -0.25) is 0 Å². The van der Waals surface area contributed by atoms with Gasteiger partial charge in [0.25, 0.3) is 0 Å². The Morgan fingerprint density at radius 3 is 2.52 bits per heavy atom. The van der Waals surface area contributed by atoms with Crippen molar-refractivity contribution in [2.75, 3.05) is 29.9 Å². The van der Waals surface area contributed by atoms with Crippen molar-refractivity contribution in [1.29, 1.82) is 0 Å². The standard InChI is InChI=1S/C18H23BrN2/c1-2-3-13-21(18-10-5-4-6-11-18)14-12-20-17-9-7-8-16(19)15-17/h4-11,15,20H,2-3,12-14H2,1H3. The molecule has 0 aliphatic rings. The van der Waals surface area contributed by atoms with Gasteiger partial charge >= 0.3 is 0 Å². The first-order valence-electron chi connectivity index (χ1n) is 7.59. The number of anilines is 2. The zero-order valence-corrected chi connectivity index (χ0v) is 14.1. The maximum atomic E-state index is 3.50. The Kier molecular flexibility index (Phi) is 6.61. The van der Waals surface area contributed by atoms with Crippen molar-refractivity contribution in [3.05, 3.63) is 59.1 Å². The highest BCUT2D eigenvalue weighted by Crippen LogP contribution is 2.16. The van der Waals surface area contributed by atoms with E-state index >= 15 is 0 Å². The molecule has 3 heteroatoms. The van der Waals surface area contributed by atoms with Gasteiger partial charge in [0.05, 0.1) is 0 Å². The third kappa shape index (κ3) is 5.43. The normalized spacial score (nSPS) is 10.4. The zero-order chi connectivity index (χ0) is 14.9. The highest BCUT2D eigenvalue weighted by atomic mass is 79.9. The topological polar surface area (TPSA) is 15.3 Å². The average molecular weight is 347 g/mol. The van der Waals surface area contributed by atoms with Gasteiger partial charge in [-0.25, -0.2) is 0 Å². The van der Waals surface area contributed by atoms with Gasteiger partial charge < -0.3 is 10.2 Å². The number of benzene rings is 2. The summed E-state index contributed by atoms with van der Waals surface area (Å²) < 4.78 is 1.11. The summed E-state index contributed by atoms with van der Waals surface area (Å²) in [7, 11) is 0. The molecule has 21 heavy (non-hydrogen) atoms. The molecule has 1 N–H and O–H groups in total. The molecular weight excluding hydrogens is 324 g/mol. The minimum atomic E-state index is 0.940. The van der Waals surface area contributed by atoms with E-state index in [-0.39, 0.29) is 0 Å². The van der Waals surface area contributed by atoms with Gasteiger partial charge in [-0.1, -0.05) is 53.5 Å². The minimum Gasteiger partial charge on any atom is -0.383 e. The quantitative estimate of drug-likeness (QED) is 0.709. The molecule has 2 aromatic carbocycles. The van der Waals surface area contributed by atoms with E-state index in [1.54, 1.807) is 0 Å². The molecule has 0 saturated carbocycles. The maximum absolute atomic E-state index is 3.50. The summed E-state index contributed by atoms with van der Waals surface area (Å²) in [5.41, 5.74) is 2.47. The molecule has 0 radical (unpaired) electrons. The third-order valence-electron chi connectivity index (χ3n) is 3.44. The maximum Gasteiger partial charge on any atom is 0.0366 e. The zero-order valence-electron chi connectivity index (χ0n) is 12.6. The van der Waals surface area contributed by atoms with Crippen molar-refractivity contribution < 1.29 is 0 Å². The molecule has 0 amide bonds. The van der Waals surface area contributed by atoms with Crippen molar-refractivity contribution in [2.24, 2.45) is 0 Å². The first kappa shape index (κ1) is 15.9. The van der Waals surface area contributed by atoms with Crippen LogP contribution in [0.1, 0.15) is 19.8 Å². The predicted molar refractivity (Wildman–Crippen MR) is 96.2 cm³/mol. The van der Waals surface area contributed by atoms with Crippen LogP contribution < -0.4 is 10.2 Å². The Hall–Kier alpha value is -1.48. The highest BCUT2D eigenvalue weighted by molar-refractivity contribution is 9.10. The van der Waals surface area contributed by atoms with Gasteiger partial charge in [0.15, 0.2) is 0 Å². The molecule has 0 bridgehead atoms. The van der Waals surface area contributed by atoms with E-state index in [1.807, 2.05) is 6.07 Å². The summed E-state index contributed by atoms with van der Waals surface area (Å²) in [6.45, 7) is 5.30. The van der Waals surface area contributed by atoms with Crippen LogP contribution in [0.3, 0.4) is 0 Å². The Bertz CT molecular complexity index is 528. The molecule has 0 spiro atoms. The number of rotatable bonds is 8. The van der Waals surface area contributed by atoms with Crippen LogP contribution in [-0.2, 0) is 0 Å². The lowest BCUT2D eigenvalue weighted by Gasteiger charge is -2.25. The first-order chi connectivity index (χ1) is 10.3. The molecule has 0 unspecified atom stereocenters. The summed E-state index contributed by atoms with van der Waals surface area (Å²) in [6, 6.07) is 19.0. The van der Waals surface area contributed by atoms with E-state index in [1.165, 1.54) is 18.5 Å². The molecule has 0 atom stereocenters. The predicted octanol–water partition coefficient (Wildman–Crippen LogP) is 5.17. The van der Waals surface area contributed by atoms with Gasteiger partial charge in [-0.15, -0.1) is 0 Å². The van der Waals surface area contributed by atoms with E-state index in [0.29, 0.717) is 0 Å². The smallest absolute Gasteiger partial charge is 0.0366 e. The second-order valence-electron chi connectivity index (χ2n) is 5.11. The number of nitrogens with zero attached hydrogens (tertiary/aromatic N) is 1. The van der Waals surface area contributed by atoms with Crippen LogP contribution in [0.25, 0.3) is 0 Å². The fourth-order valence-electron chi connectivity index (χ4n) is 2.29. The summed E-state index contributed by atoms with van der Waals surface area (Å²) in [4.78, 5) is 2.45. The Balaban J connectivity index is 1.90. The van der Waals surface area contributed by atoms with Gasteiger partial charge in [0, 0.05) is 35.5 Å². The van der Waals surface area contributed by atoms with Crippen LogP contribution in [0.2, 0.25) is 0 Å². The Labute approximate surface area is 136 Å². The second-order valence-corrected chi connectivity index (χ2v) is 6.03. The summed E-state index contributed by atoms with van der Waals surface area (Å²) in [5, 5.41) is 3.49. The van der Waals surface area contributed by atoms with Gasteiger partial charge in [-0.05, 0) is 36.8 Å². The Morgan fingerprint density at radius 1 is 1.00 bits per heavy atom. The summed E-state index contributed by atoms with van der Waals surface area (Å²) in [5.74, 6) is 0. The third-order valence-corrected chi connectivity index (χ3v) is 3.93. The van der Waals surface area contributed by atoms with Crippen molar-refractivity contribution in [3.8, 4) is 0 Å². The molecule has 0 aliphatic carbocycles. The van der Waals surface area contributed by atoms with E-state index in [4.69, 9.17) is 0 Å². The summed E-state index contributed by atoms with van der Waals surface area (Å²) >= 11 is 3.50. The molecule has 2 nitrogen and oxygen atoms in total. The number of hydrogen-bond acceptors (Lipinski definition) is 2. The van der Waals surface area contributed by atoms with Crippen LogP contribution in [0, 0.1) is 0 Å². The number of para-hydroxylation sites is 1. The lowest BCUT2D eigenvalue weighted by Crippen LogP contribution is -2.30. The fraction of sp³-hybridized carbons (Fsp3) is 0.333. The van der Waals surface area contributed by atoms with Crippen LogP contribution in [0.15, 0.2) is 59.1 Å². The number of hydrogen-bond donors (Lipinski definition) is 1. The second kappa shape index (κ2) is 8.73. The fourth-order valence-corrected chi connectivity index (χ4v) is 2.69. The number of nitrogens with one attached hydrogen (secondary N) is 1. The number of unbranched alkanes of at least 4 members (excludes halogenated alkanes) is 1. The molecule has 2 rings (SSSR count). The average Bonchev–Trinajstić information content (AvgIpc) is 2.51. The molecular formula is C18H23BrN2. The highest BCUT2D eigenvalue weighted by Gasteiger charge is 2.05. The number of halogens is 1. The van der Waals surface area contributed by atoms with Gasteiger partial charge in [0.1, 0.15) is 0 Å². The van der Waals surface area contributed by atoms with Gasteiger partial charge in [0.2, 0.25) is 0 Å². The SMILES string of the molecule is CCCCN(CCNc1cccc(Br)c1)c1ccccc1. The lowest BCUT2D eigenvalue weighted by atomic mass is 10.2. The van der Waals surface area contributed by atoms with E-state index in [2.05, 4.69) is 81.6 Å². The molecule has 0 fully saturated rings. The van der Waals surface area contributed by atoms with Crippen LogP contribution in [0.5, 0.6) is 0 Å². The molecule has 0 heterocycles. The monoisotopic (exact) mass is 346 g/mol. The van der Waals surface area contributed by atoms with Crippen molar-refractivity contribution in [1.82, 2.24) is 0 Å². The minimum absolute atomic E-state index is 0.940. The molecule has 0 saturated heterocycles. The molecule has 0 aliphatic heterocycles. The largest absolute Gasteiger partial charge is 0.383 e. The Morgan fingerprint density at radius 2 is 1.81 bits per heavy atom. The van der Waals surface area contributed by atoms with Crippen LogP contribution >= 0.6 is 15.9 Å². The van der Waals surface area contributed by atoms with E-state index in [9.17, 15) is 0 Å². The van der Waals surface area contributed by atoms with Crippen LogP contribution in [0.4, 0.5) is 11.4 Å². The van der Waals surface area contributed by atoms with E-state index < -0.39 is 0 Å². The molecule has 112 valence electrons. The van der Waals surface area contributed by atoms with Gasteiger partial charge in [-0.2, -0.15) is 0 Å². The molecule has 2 aromatic rings. The van der Waals surface area contributed by atoms with Crippen molar-refractivity contribution in [2.45, 2.75) is 19.8 Å². The van der Waals surface area contributed by atoms with Crippen molar-refractivity contribution >= 4 is 27.3 Å². The lowest BCUT2D eigenvalue weighted by molar-refractivity contribution is 0.722. The summed E-state index contributed by atoms with van der Waals surface area (Å²) in [6.07, 6.45) is 2.45. The van der Waals surface area contributed by atoms with Crippen LogP contribution in [-0.4, -0.2) is 19.6 Å². The molecule has 0 aromatic heterocycles. The first-order valence-corrected chi connectivity index (χ1v) is 8.38.